The number of aryl methyl sites for hydroxylation is 2. The summed E-state index contributed by atoms with van der Waals surface area (Å²) in [6.45, 7) is 4.33. The van der Waals surface area contributed by atoms with E-state index in [1.165, 1.54) is 12.0 Å². The topological polar surface area (TPSA) is 25.8 Å². The Bertz CT molecular complexity index is 855. The maximum absolute atomic E-state index is 14.5. The Labute approximate surface area is 161 Å². The van der Waals surface area contributed by atoms with Crippen LogP contribution in [0.5, 0.6) is 0 Å². The summed E-state index contributed by atoms with van der Waals surface area (Å²) in [4.78, 5) is 8.95. The molecule has 0 N–H and O–H groups in total. The third-order valence-corrected chi connectivity index (χ3v) is 4.83. The molecule has 0 radical (unpaired) electrons. The number of nitrogens with zero attached hydrogens (tertiary/aromatic N) is 2. The standard InChI is InChI=1S/C24H27FN2/c1-3-5-7-18-9-14-22(23(25)15-18)20-10-12-21(13-11-20)24-26-16-19(17-27-24)8-6-4-2/h9-17H,3-8H2,1-2H3. The van der Waals surface area contributed by atoms with Crippen molar-refractivity contribution in [2.24, 2.45) is 0 Å². The fraction of sp³-hybridized carbons (Fsp3) is 0.333. The molecule has 27 heavy (non-hydrogen) atoms. The van der Waals surface area contributed by atoms with Crippen molar-refractivity contribution in [3.8, 4) is 22.5 Å². The highest BCUT2D eigenvalue weighted by atomic mass is 19.1. The van der Waals surface area contributed by atoms with Gasteiger partial charge in [-0.05, 0) is 48.4 Å². The molecule has 0 aliphatic heterocycles. The number of hydrogen-bond acceptors (Lipinski definition) is 2. The predicted octanol–water partition coefficient (Wildman–Crippen LogP) is 6.63. The maximum atomic E-state index is 14.5. The number of benzene rings is 2. The Kier molecular flexibility index (Phi) is 6.69. The number of halogens is 1. The summed E-state index contributed by atoms with van der Waals surface area (Å²) in [6.07, 6.45) is 10.3. The van der Waals surface area contributed by atoms with E-state index >= 15 is 0 Å². The minimum atomic E-state index is -0.159. The molecule has 0 aliphatic rings. The van der Waals surface area contributed by atoms with E-state index < -0.39 is 0 Å². The normalized spacial score (nSPS) is 10.9. The van der Waals surface area contributed by atoms with Crippen molar-refractivity contribution in [3.05, 3.63) is 71.8 Å². The van der Waals surface area contributed by atoms with E-state index in [9.17, 15) is 4.39 Å². The van der Waals surface area contributed by atoms with Gasteiger partial charge in [-0.3, -0.25) is 0 Å². The first-order valence-corrected chi connectivity index (χ1v) is 9.91. The highest BCUT2D eigenvalue weighted by Crippen LogP contribution is 2.26. The van der Waals surface area contributed by atoms with Gasteiger partial charge in [0.15, 0.2) is 5.82 Å². The van der Waals surface area contributed by atoms with Gasteiger partial charge >= 0.3 is 0 Å². The Hall–Kier alpha value is -2.55. The SMILES string of the molecule is CCCCc1cnc(-c2ccc(-c3ccc(CCCC)cc3F)cc2)nc1. The molecule has 0 aliphatic carbocycles. The zero-order valence-corrected chi connectivity index (χ0v) is 16.2. The van der Waals surface area contributed by atoms with Gasteiger partial charge in [-0.15, -0.1) is 0 Å². The van der Waals surface area contributed by atoms with E-state index in [1.54, 1.807) is 6.07 Å². The second-order valence-corrected chi connectivity index (χ2v) is 7.01. The van der Waals surface area contributed by atoms with Gasteiger partial charge in [0.05, 0.1) is 0 Å². The Morgan fingerprint density at radius 3 is 1.93 bits per heavy atom. The van der Waals surface area contributed by atoms with Gasteiger partial charge in [0, 0.05) is 23.5 Å². The zero-order chi connectivity index (χ0) is 19.1. The number of hydrogen-bond donors (Lipinski definition) is 0. The molecule has 0 atom stereocenters. The van der Waals surface area contributed by atoms with Crippen molar-refractivity contribution in [2.45, 2.75) is 52.4 Å². The largest absolute Gasteiger partial charge is 0.236 e. The van der Waals surface area contributed by atoms with Crippen LogP contribution in [0.2, 0.25) is 0 Å². The van der Waals surface area contributed by atoms with E-state index in [0.29, 0.717) is 11.4 Å². The fourth-order valence-corrected chi connectivity index (χ4v) is 3.14. The van der Waals surface area contributed by atoms with Crippen molar-refractivity contribution in [1.29, 1.82) is 0 Å². The van der Waals surface area contributed by atoms with Gasteiger partial charge in [-0.25, -0.2) is 14.4 Å². The van der Waals surface area contributed by atoms with Crippen LogP contribution in [0.1, 0.15) is 50.7 Å². The van der Waals surface area contributed by atoms with Crippen molar-refractivity contribution in [1.82, 2.24) is 9.97 Å². The lowest BCUT2D eigenvalue weighted by molar-refractivity contribution is 0.627. The Morgan fingerprint density at radius 2 is 1.33 bits per heavy atom. The molecule has 0 amide bonds. The average molecular weight is 362 g/mol. The number of rotatable bonds is 8. The molecular weight excluding hydrogens is 335 g/mol. The van der Waals surface area contributed by atoms with E-state index in [-0.39, 0.29) is 5.82 Å². The average Bonchev–Trinajstić information content (AvgIpc) is 2.71. The van der Waals surface area contributed by atoms with Crippen LogP contribution >= 0.6 is 0 Å². The van der Waals surface area contributed by atoms with Gasteiger partial charge < -0.3 is 0 Å². The minimum absolute atomic E-state index is 0.159. The molecule has 3 heteroatoms. The van der Waals surface area contributed by atoms with Crippen molar-refractivity contribution < 1.29 is 4.39 Å². The van der Waals surface area contributed by atoms with Gasteiger partial charge in [0.25, 0.3) is 0 Å². The summed E-state index contributed by atoms with van der Waals surface area (Å²) < 4.78 is 14.5. The van der Waals surface area contributed by atoms with Crippen molar-refractivity contribution in [2.75, 3.05) is 0 Å². The first-order valence-electron chi connectivity index (χ1n) is 9.91. The van der Waals surface area contributed by atoms with Crippen LogP contribution in [0.15, 0.2) is 54.9 Å². The minimum Gasteiger partial charge on any atom is -0.236 e. The van der Waals surface area contributed by atoms with Crippen LogP contribution in [0.4, 0.5) is 4.39 Å². The number of aromatic nitrogens is 2. The van der Waals surface area contributed by atoms with Crippen molar-refractivity contribution in [3.63, 3.8) is 0 Å². The molecule has 0 spiro atoms. The second-order valence-electron chi connectivity index (χ2n) is 7.01. The highest BCUT2D eigenvalue weighted by molar-refractivity contribution is 5.68. The summed E-state index contributed by atoms with van der Waals surface area (Å²) >= 11 is 0. The van der Waals surface area contributed by atoms with Crippen LogP contribution in [0, 0.1) is 5.82 Å². The summed E-state index contributed by atoms with van der Waals surface area (Å²) in [6, 6.07) is 13.4. The van der Waals surface area contributed by atoms with Crippen LogP contribution in [-0.2, 0) is 12.8 Å². The zero-order valence-electron chi connectivity index (χ0n) is 16.2. The lowest BCUT2D eigenvalue weighted by Gasteiger charge is -2.08. The molecule has 1 aromatic heterocycles. The van der Waals surface area contributed by atoms with Crippen molar-refractivity contribution >= 4 is 0 Å². The van der Waals surface area contributed by atoms with Crippen LogP contribution in [0.3, 0.4) is 0 Å². The lowest BCUT2D eigenvalue weighted by Crippen LogP contribution is -1.93. The van der Waals surface area contributed by atoms with Crippen LogP contribution < -0.4 is 0 Å². The summed E-state index contributed by atoms with van der Waals surface area (Å²) in [5, 5.41) is 0. The maximum Gasteiger partial charge on any atom is 0.159 e. The summed E-state index contributed by atoms with van der Waals surface area (Å²) in [7, 11) is 0. The molecule has 3 rings (SSSR count). The lowest BCUT2D eigenvalue weighted by atomic mass is 10.00. The third-order valence-electron chi connectivity index (χ3n) is 4.83. The summed E-state index contributed by atoms with van der Waals surface area (Å²) in [5.74, 6) is 0.546. The van der Waals surface area contributed by atoms with Gasteiger partial charge in [0.2, 0.25) is 0 Å². The van der Waals surface area contributed by atoms with Gasteiger partial charge in [-0.2, -0.15) is 0 Å². The first-order chi connectivity index (χ1) is 13.2. The number of unbranched alkanes of at least 4 members (excludes halogenated alkanes) is 2. The summed E-state index contributed by atoms with van der Waals surface area (Å²) in [5.41, 5.74) is 4.69. The molecule has 2 aromatic carbocycles. The molecule has 0 bridgehead atoms. The third kappa shape index (κ3) is 5.00. The van der Waals surface area contributed by atoms with E-state index in [0.717, 1.165) is 48.8 Å². The molecule has 140 valence electrons. The second kappa shape index (κ2) is 9.40. The molecule has 0 fully saturated rings. The molecule has 3 aromatic rings. The van der Waals surface area contributed by atoms with E-state index in [4.69, 9.17) is 0 Å². The van der Waals surface area contributed by atoms with Crippen LogP contribution in [-0.4, -0.2) is 9.97 Å². The van der Waals surface area contributed by atoms with E-state index in [2.05, 4.69) is 23.8 Å². The van der Waals surface area contributed by atoms with Crippen LogP contribution in [0.25, 0.3) is 22.5 Å². The van der Waals surface area contributed by atoms with Gasteiger partial charge in [0.1, 0.15) is 5.82 Å². The van der Waals surface area contributed by atoms with Gasteiger partial charge in [-0.1, -0.05) is 63.1 Å². The molecule has 2 nitrogen and oxygen atoms in total. The smallest absolute Gasteiger partial charge is 0.159 e. The molecule has 0 unspecified atom stereocenters. The Balaban J connectivity index is 1.75. The Morgan fingerprint density at radius 1 is 0.741 bits per heavy atom. The fourth-order valence-electron chi connectivity index (χ4n) is 3.14. The molecule has 0 saturated heterocycles. The monoisotopic (exact) mass is 362 g/mol. The highest BCUT2D eigenvalue weighted by Gasteiger charge is 2.08. The van der Waals surface area contributed by atoms with E-state index in [1.807, 2.05) is 48.8 Å². The quantitative estimate of drug-likeness (QED) is 0.449. The predicted molar refractivity (Wildman–Crippen MR) is 110 cm³/mol. The molecule has 0 saturated carbocycles. The first kappa shape index (κ1) is 19.2. The molecule has 1 heterocycles. The molecular formula is C24H27FN2.